The van der Waals surface area contributed by atoms with E-state index in [1.807, 2.05) is 54.6 Å². The Morgan fingerprint density at radius 1 is 0.969 bits per heavy atom. The van der Waals surface area contributed by atoms with Crippen molar-refractivity contribution in [2.24, 2.45) is 0 Å². The zero-order valence-electron chi connectivity index (χ0n) is 16.5. The van der Waals surface area contributed by atoms with Gasteiger partial charge >= 0.3 is 5.97 Å². The Kier molecular flexibility index (Phi) is 6.16. The molecule has 0 aliphatic carbocycles. The number of hydrogen-bond donors (Lipinski definition) is 2. The highest BCUT2D eigenvalue weighted by Crippen LogP contribution is 2.32. The van der Waals surface area contributed by atoms with Gasteiger partial charge in [0, 0.05) is 9.79 Å². The van der Waals surface area contributed by atoms with Crippen molar-refractivity contribution in [3.05, 3.63) is 95.6 Å². The van der Waals surface area contributed by atoms with E-state index in [4.69, 9.17) is 12.2 Å². The molecule has 32 heavy (non-hydrogen) atoms. The van der Waals surface area contributed by atoms with Crippen LogP contribution in [0.3, 0.4) is 0 Å². The molecule has 3 aromatic rings. The number of amides is 2. The third-order valence-electron chi connectivity index (χ3n) is 4.64. The van der Waals surface area contributed by atoms with Crippen molar-refractivity contribution in [2.45, 2.75) is 9.79 Å². The number of carboxylic acids is 1. The van der Waals surface area contributed by atoms with Gasteiger partial charge in [0.15, 0.2) is 5.11 Å². The molecule has 4 rings (SSSR count). The molecule has 0 unspecified atom stereocenters. The largest absolute Gasteiger partial charge is 0.478 e. The fourth-order valence-corrected chi connectivity index (χ4v) is 4.35. The molecule has 0 spiro atoms. The Morgan fingerprint density at radius 2 is 1.69 bits per heavy atom. The van der Waals surface area contributed by atoms with E-state index in [-0.39, 0.29) is 21.9 Å². The molecule has 0 atom stereocenters. The number of anilines is 1. The van der Waals surface area contributed by atoms with Crippen molar-refractivity contribution < 1.29 is 19.5 Å². The monoisotopic (exact) mass is 460 g/mol. The van der Waals surface area contributed by atoms with E-state index in [2.05, 4.69) is 5.32 Å². The molecule has 2 amide bonds. The number of benzene rings is 3. The van der Waals surface area contributed by atoms with Crippen LogP contribution in [0.1, 0.15) is 15.9 Å². The van der Waals surface area contributed by atoms with Crippen LogP contribution in [0.25, 0.3) is 6.08 Å². The number of carbonyl (C=O) groups is 3. The summed E-state index contributed by atoms with van der Waals surface area (Å²) in [6.45, 7) is 0. The summed E-state index contributed by atoms with van der Waals surface area (Å²) in [7, 11) is 0. The molecule has 8 heteroatoms. The number of thiocarbonyl (C=S) groups is 1. The zero-order valence-corrected chi connectivity index (χ0v) is 18.2. The highest BCUT2D eigenvalue weighted by molar-refractivity contribution is 7.99. The molecule has 1 heterocycles. The first-order valence-corrected chi connectivity index (χ1v) is 10.7. The van der Waals surface area contributed by atoms with E-state index in [0.29, 0.717) is 5.56 Å². The summed E-state index contributed by atoms with van der Waals surface area (Å²) in [5.74, 6) is -2.36. The lowest BCUT2D eigenvalue weighted by molar-refractivity contribution is -0.122. The fraction of sp³-hybridized carbons (Fsp3) is 0. The van der Waals surface area contributed by atoms with Crippen molar-refractivity contribution in [3.8, 4) is 0 Å². The van der Waals surface area contributed by atoms with Crippen LogP contribution in [0, 0.1) is 0 Å². The molecule has 3 aromatic carbocycles. The van der Waals surface area contributed by atoms with Crippen molar-refractivity contribution >= 4 is 58.6 Å². The summed E-state index contributed by atoms with van der Waals surface area (Å²) in [6, 6.07) is 23.0. The van der Waals surface area contributed by atoms with Crippen LogP contribution in [0.2, 0.25) is 0 Å². The highest BCUT2D eigenvalue weighted by Gasteiger charge is 2.34. The maximum Gasteiger partial charge on any atom is 0.335 e. The Morgan fingerprint density at radius 3 is 2.44 bits per heavy atom. The number of carboxylic acid groups (broad SMARTS) is 1. The van der Waals surface area contributed by atoms with Crippen molar-refractivity contribution in [1.82, 2.24) is 5.32 Å². The molecule has 1 saturated heterocycles. The maximum absolute atomic E-state index is 13.3. The zero-order chi connectivity index (χ0) is 22.7. The van der Waals surface area contributed by atoms with Gasteiger partial charge in [-0.15, -0.1) is 0 Å². The smallest absolute Gasteiger partial charge is 0.335 e. The average molecular weight is 461 g/mol. The summed E-state index contributed by atoms with van der Waals surface area (Å²) >= 11 is 6.71. The Bertz CT molecular complexity index is 1270. The lowest BCUT2D eigenvalue weighted by Gasteiger charge is -2.29. The first-order chi connectivity index (χ1) is 15.4. The van der Waals surface area contributed by atoms with E-state index in [1.165, 1.54) is 36.0 Å². The van der Waals surface area contributed by atoms with E-state index < -0.39 is 17.8 Å². The molecule has 2 N–H and O–H groups in total. The highest BCUT2D eigenvalue weighted by atomic mass is 32.2. The molecule has 0 saturated carbocycles. The molecule has 6 nitrogen and oxygen atoms in total. The molecular weight excluding hydrogens is 444 g/mol. The quantitative estimate of drug-likeness (QED) is 0.334. The molecule has 0 radical (unpaired) electrons. The minimum Gasteiger partial charge on any atom is -0.478 e. The second kappa shape index (κ2) is 9.17. The summed E-state index contributed by atoms with van der Waals surface area (Å²) in [5, 5.41) is 11.7. The maximum atomic E-state index is 13.3. The van der Waals surface area contributed by atoms with Gasteiger partial charge in [-0.25, -0.2) is 4.79 Å². The summed E-state index contributed by atoms with van der Waals surface area (Å²) < 4.78 is 0. The fourth-order valence-electron chi connectivity index (χ4n) is 3.13. The van der Waals surface area contributed by atoms with Crippen molar-refractivity contribution in [1.29, 1.82) is 0 Å². The van der Waals surface area contributed by atoms with Crippen LogP contribution >= 0.6 is 24.0 Å². The molecule has 1 aliphatic rings. The lowest BCUT2D eigenvalue weighted by atomic mass is 10.1. The number of nitrogens with one attached hydrogen (secondary N) is 1. The van der Waals surface area contributed by atoms with Gasteiger partial charge in [-0.1, -0.05) is 54.2 Å². The van der Waals surface area contributed by atoms with E-state index in [9.17, 15) is 19.5 Å². The predicted octanol–water partition coefficient (Wildman–Crippen LogP) is 4.37. The minimum absolute atomic E-state index is 0.00476. The predicted molar refractivity (Wildman–Crippen MR) is 127 cm³/mol. The van der Waals surface area contributed by atoms with E-state index in [0.717, 1.165) is 14.7 Å². The standard InChI is InChI=1S/C24H16N2O4S2/c27-21-19(14-15-7-4-5-12-20(15)32-18-10-2-1-3-11-18)22(28)26(24(31)25-21)17-9-6-8-16(13-17)23(29)30/h1-14H,(H,29,30)(H,25,27,31). The van der Waals surface area contributed by atoms with Gasteiger partial charge in [0.1, 0.15) is 5.57 Å². The van der Waals surface area contributed by atoms with Crippen LogP contribution in [-0.4, -0.2) is 28.0 Å². The number of carbonyl (C=O) groups excluding carboxylic acids is 2. The third kappa shape index (κ3) is 4.46. The van der Waals surface area contributed by atoms with Crippen LogP contribution in [0.4, 0.5) is 5.69 Å². The van der Waals surface area contributed by atoms with Crippen molar-refractivity contribution in [2.75, 3.05) is 4.90 Å². The van der Waals surface area contributed by atoms with Gasteiger partial charge < -0.3 is 5.11 Å². The average Bonchev–Trinajstić information content (AvgIpc) is 2.78. The van der Waals surface area contributed by atoms with Gasteiger partial charge in [0.25, 0.3) is 11.8 Å². The van der Waals surface area contributed by atoms with Crippen LogP contribution in [-0.2, 0) is 9.59 Å². The normalized spacial score (nSPS) is 15.1. The molecule has 1 aliphatic heterocycles. The van der Waals surface area contributed by atoms with Gasteiger partial charge in [0.2, 0.25) is 0 Å². The van der Waals surface area contributed by atoms with Crippen LogP contribution in [0.15, 0.2) is 94.2 Å². The Balaban J connectivity index is 1.72. The molecule has 0 aromatic heterocycles. The van der Waals surface area contributed by atoms with E-state index >= 15 is 0 Å². The first-order valence-electron chi connectivity index (χ1n) is 9.51. The summed E-state index contributed by atoms with van der Waals surface area (Å²) in [4.78, 5) is 40.2. The molecule has 158 valence electrons. The summed E-state index contributed by atoms with van der Waals surface area (Å²) in [5.41, 5.74) is 0.871. The topological polar surface area (TPSA) is 86.7 Å². The number of nitrogens with zero attached hydrogens (tertiary/aromatic N) is 1. The van der Waals surface area contributed by atoms with Crippen LogP contribution in [0.5, 0.6) is 0 Å². The first kappa shape index (κ1) is 21.5. The number of aromatic carboxylic acids is 1. The van der Waals surface area contributed by atoms with Gasteiger partial charge in [-0.3, -0.25) is 19.8 Å². The van der Waals surface area contributed by atoms with Gasteiger partial charge in [0.05, 0.1) is 11.3 Å². The number of rotatable bonds is 5. The second-order valence-electron chi connectivity index (χ2n) is 6.77. The molecule has 0 bridgehead atoms. The van der Waals surface area contributed by atoms with Crippen LogP contribution < -0.4 is 10.2 Å². The van der Waals surface area contributed by atoms with Gasteiger partial charge in [-0.05, 0) is 60.3 Å². The molecular formula is C24H16N2O4S2. The second-order valence-corrected chi connectivity index (χ2v) is 8.27. The minimum atomic E-state index is -1.13. The van der Waals surface area contributed by atoms with E-state index in [1.54, 1.807) is 6.07 Å². The lowest BCUT2D eigenvalue weighted by Crippen LogP contribution is -2.54. The Hall–Kier alpha value is -3.75. The molecule has 1 fully saturated rings. The van der Waals surface area contributed by atoms with Crippen molar-refractivity contribution in [3.63, 3.8) is 0 Å². The Labute approximate surface area is 193 Å². The third-order valence-corrected chi connectivity index (χ3v) is 6.03. The van der Waals surface area contributed by atoms with Gasteiger partial charge in [-0.2, -0.15) is 0 Å². The summed E-state index contributed by atoms with van der Waals surface area (Å²) in [6.07, 6.45) is 1.53. The number of hydrogen-bond acceptors (Lipinski definition) is 5. The SMILES string of the molecule is O=C1NC(=S)N(c2cccc(C(=O)O)c2)C(=O)C1=Cc1ccccc1Sc1ccccc1.